The molecule has 0 radical (unpaired) electrons. The van der Waals surface area contributed by atoms with Gasteiger partial charge < -0.3 is 4.74 Å². The van der Waals surface area contributed by atoms with Crippen LogP contribution in [0.3, 0.4) is 0 Å². The highest BCUT2D eigenvalue weighted by molar-refractivity contribution is 5.87. The second-order valence-electron chi connectivity index (χ2n) is 8.53. The van der Waals surface area contributed by atoms with Crippen LogP contribution in [0.5, 0.6) is 5.75 Å². The molecule has 3 heterocycles. The first-order chi connectivity index (χ1) is 18.1. The Kier molecular flexibility index (Phi) is 5.57. The van der Waals surface area contributed by atoms with Gasteiger partial charge in [0.1, 0.15) is 11.3 Å². The van der Waals surface area contributed by atoms with Crippen molar-refractivity contribution < 1.29 is 9.53 Å². The van der Waals surface area contributed by atoms with E-state index in [1.807, 2.05) is 73.7 Å². The van der Waals surface area contributed by atoms with E-state index in [0.717, 1.165) is 32.3 Å². The van der Waals surface area contributed by atoms with Crippen LogP contribution in [-0.4, -0.2) is 37.0 Å². The molecule has 0 saturated carbocycles. The number of pyridine rings is 1. The highest BCUT2D eigenvalue weighted by Gasteiger charge is 2.19. The first-order valence-electron chi connectivity index (χ1n) is 11.9. The van der Waals surface area contributed by atoms with Gasteiger partial charge >= 0.3 is 0 Å². The molecule has 0 fully saturated rings. The number of hydrogen-bond acceptors (Lipinski definition) is 6. The zero-order valence-corrected chi connectivity index (χ0v) is 20.0. The average Bonchev–Trinajstić information content (AvgIpc) is 3.33. The summed E-state index contributed by atoms with van der Waals surface area (Å²) in [5.74, 6) is 0.0787. The monoisotopic (exact) mass is 490 g/mol. The molecule has 0 unspecified atom stereocenters. The standard InChI is InChI=1S/C28H22N6O3/c1-2-22-25(19-9-4-3-5-10-19)27-30-29-26-23(34(27)31-22)14-15-33(28(26)36)32-24(35)17-37-21-13-12-18-8-6-7-11-20(18)16-21/h3-16H,2,17H2,1H3,(H,32,35). The van der Waals surface area contributed by atoms with Gasteiger partial charge in [-0.05, 0) is 41.0 Å². The van der Waals surface area contributed by atoms with Crippen molar-refractivity contribution in [3.8, 4) is 16.9 Å². The minimum Gasteiger partial charge on any atom is -0.484 e. The number of fused-ring (bicyclic) bond motifs is 4. The summed E-state index contributed by atoms with van der Waals surface area (Å²) in [4.78, 5) is 25.7. The Hall–Kier alpha value is -5.05. The van der Waals surface area contributed by atoms with Crippen LogP contribution in [0.2, 0.25) is 0 Å². The molecule has 0 aliphatic heterocycles. The van der Waals surface area contributed by atoms with Crippen LogP contribution in [-0.2, 0) is 11.2 Å². The number of carbonyl (C=O) groups excluding carboxylic acids is 1. The van der Waals surface area contributed by atoms with E-state index in [1.165, 1.54) is 6.20 Å². The summed E-state index contributed by atoms with van der Waals surface area (Å²) in [6, 6.07) is 25.0. The summed E-state index contributed by atoms with van der Waals surface area (Å²) in [6.07, 6.45) is 2.18. The summed E-state index contributed by atoms with van der Waals surface area (Å²) < 4.78 is 8.35. The van der Waals surface area contributed by atoms with Crippen LogP contribution in [0.15, 0.2) is 89.9 Å². The van der Waals surface area contributed by atoms with E-state index in [-0.39, 0.29) is 12.1 Å². The van der Waals surface area contributed by atoms with E-state index < -0.39 is 11.5 Å². The van der Waals surface area contributed by atoms with Gasteiger partial charge in [0.05, 0.1) is 11.3 Å². The van der Waals surface area contributed by atoms with Crippen molar-refractivity contribution in [3.63, 3.8) is 0 Å². The normalized spacial score (nSPS) is 11.3. The molecule has 0 saturated heterocycles. The molecule has 3 aromatic heterocycles. The maximum absolute atomic E-state index is 13.1. The molecule has 0 bridgehead atoms. The van der Waals surface area contributed by atoms with Gasteiger partial charge in [-0.25, -0.2) is 9.19 Å². The zero-order valence-electron chi connectivity index (χ0n) is 20.0. The third kappa shape index (κ3) is 4.06. The fourth-order valence-corrected chi connectivity index (χ4v) is 4.40. The first kappa shape index (κ1) is 22.4. The second-order valence-corrected chi connectivity index (χ2v) is 8.53. The minimum absolute atomic E-state index is 0.0931. The number of nitrogens with one attached hydrogen (secondary N) is 1. The molecule has 37 heavy (non-hydrogen) atoms. The number of rotatable bonds is 6. The lowest BCUT2D eigenvalue weighted by Gasteiger charge is -2.10. The number of benzene rings is 3. The molecular weight excluding hydrogens is 468 g/mol. The highest BCUT2D eigenvalue weighted by Crippen LogP contribution is 2.28. The van der Waals surface area contributed by atoms with E-state index >= 15 is 0 Å². The molecule has 1 amide bonds. The largest absolute Gasteiger partial charge is 0.484 e. The lowest BCUT2D eigenvalue weighted by Crippen LogP contribution is -2.35. The van der Waals surface area contributed by atoms with Gasteiger partial charge in [-0.1, -0.05) is 67.6 Å². The van der Waals surface area contributed by atoms with E-state index in [4.69, 9.17) is 9.84 Å². The van der Waals surface area contributed by atoms with Crippen LogP contribution >= 0.6 is 0 Å². The Morgan fingerprint density at radius 1 is 0.946 bits per heavy atom. The van der Waals surface area contributed by atoms with Gasteiger partial charge in [0.2, 0.25) is 0 Å². The number of amides is 1. The molecule has 0 atom stereocenters. The van der Waals surface area contributed by atoms with Gasteiger partial charge in [-0.3, -0.25) is 15.0 Å². The number of hydrogen-bond donors (Lipinski definition) is 1. The van der Waals surface area contributed by atoms with Gasteiger partial charge in [0.15, 0.2) is 17.8 Å². The van der Waals surface area contributed by atoms with Gasteiger partial charge in [-0.15, -0.1) is 10.2 Å². The SMILES string of the molecule is CCc1nn2c(nnc3c(=O)n(NC(=O)COc4ccc5ccccc5c4)ccc32)c1-c1ccccc1. The maximum atomic E-state index is 13.1. The summed E-state index contributed by atoms with van der Waals surface area (Å²) in [7, 11) is 0. The number of nitrogens with zero attached hydrogens (tertiary/aromatic N) is 5. The second kappa shape index (κ2) is 9.19. The fraction of sp³-hybridized carbons (Fsp3) is 0.107. The average molecular weight is 491 g/mol. The molecule has 0 spiro atoms. The Morgan fingerprint density at radius 2 is 1.73 bits per heavy atom. The molecule has 182 valence electrons. The smallest absolute Gasteiger partial charge is 0.299 e. The summed E-state index contributed by atoms with van der Waals surface area (Å²) >= 11 is 0. The number of carbonyl (C=O) groups is 1. The minimum atomic E-state index is -0.513. The fourth-order valence-electron chi connectivity index (χ4n) is 4.40. The predicted octanol–water partition coefficient (Wildman–Crippen LogP) is 3.97. The van der Waals surface area contributed by atoms with Gasteiger partial charge in [-0.2, -0.15) is 5.10 Å². The topological polar surface area (TPSA) is 103 Å². The predicted molar refractivity (Wildman–Crippen MR) is 141 cm³/mol. The molecule has 0 aliphatic carbocycles. The van der Waals surface area contributed by atoms with Crippen LogP contribution in [0.1, 0.15) is 12.6 Å². The number of aryl methyl sites for hydroxylation is 1. The molecule has 6 aromatic rings. The lowest BCUT2D eigenvalue weighted by molar-refractivity contribution is -0.119. The Morgan fingerprint density at radius 3 is 2.54 bits per heavy atom. The van der Waals surface area contributed by atoms with E-state index in [1.54, 1.807) is 16.6 Å². The van der Waals surface area contributed by atoms with Crippen molar-refractivity contribution in [2.24, 2.45) is 0 Å². The van der Waals surface area contributed by atoms with Crippen molar-refractivity contribution in [3.05, 3.63) is 101 Å². The van der Waals surface area contributed by atoms with Crippen molar-refractivity contribution in [1.29, 1.82) is 0 Å². The van der Waals surface area contributed by atoms with Crippen LogP contribution in [0.25, 0.3) is 38.6 Å². The van der Waals surface area contributed by atoms with Crippen LogP contribution in [0.4, 0.5) is 0 Å². The maximum Gasteiger partial charge on any atom is 0.299 e. The summed E-state index contributed by atoms with van der Waals surface area (Å²) in [5, 5.41) is 15.3. The highest BCUT2D eigenvalue weighted by atomic mass is 16.5. The molecule has 9 heteroatoms. The first-order valence-corrected chi connectivity index (χ1v) is 11.9. The van der Waals surface area contributed by atoms with Crippen molar-refractivity contribution in [2.45, 2.75) is 13.3 Å². The Labute approximate surface area is 210 Å². The zero-order chi connectivity index (χ0) is 25.4. The van der Waals surface area contributed by atoms with Crippen LogP contribution in [0, 0.1) is 0 Å². The van der Waals surface area contributed by atoms with Crippen molar-refractivity contribution in [2.75, 3.05) is 12.0 Å². The Balaban J connectivity index is 1.27. The van der Waals surface area contributed by atoms with Crippen molar-refractivity contribution >= 4 is 33.4 Å². The van der Waals surface area contributed by atoms with E-state index in [0.29, 0.717) is 23.3 Å². The number of ether oxygens (including phenoxy) is 1. The summed E-state index contributed by atoms with van der Waals surface area (Å²) in [5.41, 5.74) is 5.94. The molecule has 6 rings (SSSR count). The van der Waals surface area contributed by atoms with Gasteiger partial charge in [0.25, 0.3) is 11.5 Å². The lowest BCUT2D eigenvalue weighted by atomic mass is 10.0. The molecule has 3 aromatic carbocycles. The summed E-state index contributed by atoms with van der Waals surface area (Å²) in [6.45, 7) is 1.76. The molecule has 9 nitrogen and oxygen atoms in total. The Bertz CT molecular complexity index is 1840. The van der Waals surface area contributed by atoms with Crippen molar-refractivity contribution in [1.82, 2.24) is 24.5 Å². The molecular formula is C28H22N6O3. The van der Waals surface area contributed by atoms with Gasteiger partial charge in [0, 0.05) is 6.20 Å². The third-order valence-corrected chi connectivity index (χ3v) is 6.19. The number of aromatic nitrogens is 5. The van der Waals surface area contributed by atoms with E-state index in [9.17, 15) is 9.59 Å². The van der Waals surface area contributed by atoms with E-state index in [2.05, 4.69) is 15.6 Å². The molecule has 1 N–H and O–H groups in total. The van der Waals surface area contributed by atoms with Crippen LogP contribution < -0.4 is 15.7 Å². The third-order valence-electron chi connectivity index (χ3n) is 6.19. The molecule has 0 aliphatic rings. The quantitative estimate of drug-likeness (QED) is 0.379.